The molecule has 0 amide bonds. The minimum Gasteiger partial charge on any atom is -0.366 e. The Bertz CT molecular complexity index is 824. The predicted octanol–water partition coefficient (Wildman–Crippen LogP) is 6.13. The second kappa shape index (κ2) is 13.4. The molecule has 2 unspecified atom stereocenters. The quantitative estimate of drug-likeness (QED) is 0.269. The average molecular weight is 437 g/mol. The van der Waals surface area contributed by atoms with Crippen molar-refractivity contribution in [2.75, 3.05) is 5.75 Å². The average Bonchev–Trinajstić information content (AvgIpc) is 3.04. The van der Waals surface area contributed by atoms with Gasteiger partial charge in [0, 0.05) is 28.5 Å². The summed E-state index contributed by atoms with van der Waals surface area (Å²) in [7, 11) is 0. The van der Waals surface area contributed by atoms with Crippen molar-refractivity contribution < 1.29 is 4.74 Å². The molecule has 0 aromatic carbocycles. The lowest BCUT2D eigenvalue weighted by atomic mass is 10.0. The van der Waals surface area contributed by atoms with Gasteiger partial charge in [0.25, 0.3) is 0 Å². The van der Waals surface area contributed by atoms with Crippen LogP contribution in [0.15, 0.2) is 75.3 Å². The van der Waals surface area contributed by atoms with Gasteiger partial charge in [0.15, 0.2) is 0 Å². The first kappa shape index (κ1) is 25.2. The molecular formula is C27H36N2OS. The highest BCUT2D eigenvalue weighted by atomic mass is 32.2. The molecule has 2 N–H and O–H groups in total. The molecule has 3 atom stereocenters. The first-order valence-electron chi connectivity index (χ1n) is 11.0. The third-order valence-electron chi connectivity index (χ3n) is 5.37. The van der Waals surface area contributed by atoms with Gasteiger partial charge in [-0.25, -0.2) is 0 Å². The Hall–Kier alpha value is -2.06. The Kier molecular flexibility index (Phi) is 10.9. The normalized spacial score (nSPS) is 29.4. The Morgan fingerprint density at radius 1 is 1.45 bits per heavy atom. The number of hydrogen-bond acceptors (Lipinski definition) is 4. The number of thioether (sulfide) groups is 1. The van der Waals surface area contributed by atoms with E-state index in [0.717, 1.165) is 35.5 Å². The van der Waals surface area contributed by atoms with E-state index < -0.39 is 0 Å². The SMILES string of the molecule is C#C/C1=C/C(CS/C(=C\N=C)C/C=C\C=C2/C(C)CC[C@@H]2N)=C\CC=CC1OC(C)C. The maximum Gasteiger partial charge on any atom is 0.109 e. The van der Waals surface area contributed by atoms with Crippen LogP contribution in [0.4, 0.5) is 0 Å². The van der Waals surface area contributed by atoms with Gasteiger partial charge in [-0.05, 0) is 63.8 Å². The number of terminal acetylenes is 1. The summed E-state index contributed by atoms with van der Waals surface area (Å²) >= 11 is 1.76. The maximum atomic E-state index is 6.19. The zero-order chi connectivity index (χ0) is 22.6. The third-order valence-corrected chi connectivity index (χ3v) is 6.49. The molecule has 0 spiro atoms. The van der Waals surface area contributed by atoms with Crippen molar-refractivity contribution in [3.63, 3.8) is 0 Å². The van der Waals surface area contributed by atoms with E-state index in [9.17, 15) is 0 Å². The van der Waals surface area contributed by atoms with Crippen molar-refractivity contribution in [3.05, 3.63) is 70.4 Å². The Morgan fingerprint density at radius 2 is 2.26 bits per heavy atom. The number of rotatable bonds is 9. The Labute approximate surface area is 193 Å². The van der Waals surface area contributed by atoms with Crippen LogP contribution in [0.3, 0.4) is 0 Å². The van der Waals surface area contributed by atoms with E-state index >= 15 is 0 Å². The molecule has 0 aliphatic heterocycles. The fourth-order valence-electron chi connectivity index (χ4n) is 3.71. The third kappa shape index (κ3) is 8.53. The largest absolute Gasteiger partial charge is 0.366 e. The highest BCUT2D eigenvalue weighted by Gasteiger charge is 2.23. The van der Waals surface area contributed by atoms with Gasteiger partial charge in [-0.3, -0.25) is 4.99 Å². The lowest BCUT2D eigenvalue weighted by Gasteiger charge is -2.19. The minimum absolute atomic E-state index is 0.115. The first-order chi connectivity index (χ1) is 14.9. The lowest BCUT2D eigenvalue weighted by molar-refractivity contribution is 0.0573. The lowest BCUT2D eigenvalue weighted by Crippen LogP contribution is -2.18. The molecule has 1 fully saturated rings. The van der Waals surface area contributed by atoms with Crippen LogP contribution in [-0.2, 0) is 4.74 Å². The highest BCUT2D eigenvalue weighted by Crippen LogP contribution is 2.30. The number of ether oxygens (including phenoxy) is 1. The number of aliphatic imine (C=N–C) groups is 1. The minimum atomic E-state index is -0.163. The molecule has 4 heteroatoms. The van der Waals surface area contributed by atoms with Crippen LogP contribution in [-0.4, -0.2) is 30.7 Å². The summed E-state index contributed by atoms with van der Waals surface area (Å²) in [5, 5.41) is 0. The van der Waals surface area contributed by atoms with Crippen molar-refractivity contribution in [1.82, 2.24) is 0 Å². The molecule has 0 aromatic rings. The zero-order valence-corrected chi connectivity index (χ0v) is 19.9. The van der Waals surface area contributed by atoms with E-state index in [1.54, 1.807) is 11.8 Å². The second-order valence-corrected chi connectivity index (χ2v) is 9.34. The van der Waals surface area contributed by atoms with Gasteiger partial charge in [0.05, 0.1) is 6.10 Å². The van der Waals surface area contributed by atoms with Gasteiger partial charge >= 0.3 is 0 Å². The predicted molar refractivity (Wildman–Crippen MR) is 137 cm³/mol. The summed E-state index contributed by atoms with van der Waals surface area (Å²) in [4.78, 5) is 5.15. The number of nitrogens with two attached hydrogens (primary N) is 1. The van der Waals surface area contributed by atoms with Gasteiger partial charge < -0.3 is 10.5 Å². The standard InChI is InChI=1S/C27H36N2OS/c1-6-23-17-22(11-7-10-14-27(23)30-20(2)3)19-31-24(18-29-5)12-8-9-13-25-21(4)15-16-26(25)28/h1,8-11,13-14,17-18,20-21,26-27H,5,7,12,15-16,19,28H2,2-4H3/b9-8-,14-10?,22-11+,23-17-,24-18-,25-13+/t21?,26-,27?/m0/s1. The van der Waals surface area contributed by atoms with Gasteiger partial charge in [-0.1, -0.05) is 54.9 Å². The molecule has 2 aliphatic rings. The molecular weight excluding hydrogens is 400 g/mol. The Morgan fingerprint density at radius 3 is 2.90 bits per heavy atom. The van der Waals surface area contributed by atoms with Gasteiger partial charge in [-0.2, -0.15) is 0 Å². The molecule has 1 saturated carbocycles. The van der Waals surface area contributed by atoms with Crippen LogP contribution in [0.25, 0.3) is 0 Å². The van der Waals surface area contributed by atoms with Crippen LogP contribution >= 0.6 is 11.8 Å². The monoisotopic (exact) mass is 436 g/mol. The maximum absolute atomic E-state index is 6.19. The molecule has 0 saturated heterocycles. The summed E-state index contributed by atoms with van der Waals surface area (Å²) in [6.07, 6.45) is 26.5. The van der Waals surface area contributed by atoms with E-state index in [1.165, 1.54) is 17.6 Å². The molecule has 0 aromatic heterocycles. The van der Waals surface area contributed by atoms with Crippen molar-refractivity contribution in [2.45, 2.75) is 64.7 Å². The van der Waals surface area contributed by atoms with E-state index in [4.69, 9.17) is 16.9 Å². The van der Waals surface area contributed by atoms with Gasteiger partial charge in [-0.15, -0.1) is 18.2 Å². The summed E-state index contributed by atoms with van der Waals surface area (Å²) in [6, 6.07) is 0.208. The fraction of sp³-hybridized carbons (Fsp3) is 0.444. The van der Waals surface area contributed by atoms with Crippen LogP contribution in [0.2, 0.25) is 0 Å². The van der Waals surface area contributed by atoms with E-state index in [0.29, 0.717) is 5.92 Å². The molecule has 2 rings (SSSR count). The number of allylic oxidation sites excluding steroid dienone is 7. The molecule has 31 heavy (non-hydrogen) atoms. The number of nitrogens with zero attached hydrogens (tertiary/aromatic N) is 1. The topological polar surface area (TPSA) is 47.6 Å². The molecule has 166 valence electrons. The summed E-state index contributed by atoms with van der Waals surface area (Å²) in [5.74, 6) is 4.22. The molecule has 2 aliphatic carbocycles. The van der Waals surface area contributed by atoms with Crippen molar-refractivity contribution in [1.29, 1.82) is 0 Å². The van der Waals surface area contributed by atoms with Crippen LogP contribution in [0, 0.1) is 18.3 Å². The second-order valence-electron chi connectivity index (χ2n) is 8.24. The van der Waals surface area contributed by atoms with E-state index in [2.05, 4.69) is 67.1 Å². The molecule has 3 nitrogen and oxygen atoms in total. The fourth-order valence-corrected chi connectivity index (χ4v) is 4.63. The van der Waals surface area contributed by atoms with Crippen LogP contribution in [0.5, 0.6) is 0 Å². The number of hydrogen-bond donors (Lipinski definition) is 1. The van der Waals surface area contributed by atoms with E-state index in [-0.39, 0.29) is 18.2 Å². The van der Waals surface area contributed by atoms with Crippen molar-refractivity contribution in [3.8, 4) is 12.3 Å². The summed E-state index contributed by atoms with van der Waals surface area (Å²) < 4.78 is 5.98. The van der Waals surface area contributed by atoms with Crippen molar-refractivity contribution >= 4 is 18.5 Å². The molecule has 0 bridgehead atoms. The summed E-state index contributed by atoms with van der Waals surface area (Å²) in [6.45, 7) is 9.93. The zero-order valence-electron chi connectivity index (χ0n) is 19.1. The van der Waals surface area contributed by atoms with Crippen molar-refractivity contribution in [2.24, 2.45) is 16.6 Å². The van der Waals surface area contributed by atoms with Crippen LogP contribution in [0.1, 0.15) is 46.5 Å². The Balaban J connectivity index is 2.00. The van der Waals surface area contributed by atoms with Gasteiger partial charge in [0.2, 0.25) is 0 Å². The summed E-state index contributed by atoms with van der Waals surface area (Å²) in [5.41, 5.74) is 9.61. The van der Waals surface area contributed by atoms with Gasteiger partial charge in [0.1, 0.15) is 6.10 Å². The highest BCUT2D eigenvalue weighted by molar-refractivity contribution is 8.03. The smallest absolute Gasteiger partial charge is 0.109 e. The van der Waals surface area contributed by atoms with Crippen LogP contribution < -0.4 is 5.73 Å². The first-order valence-corrected chi connectivity index (χ1v) is 12.0. The van der Waals surface area contributed by atoms with E-state index in [1.807, 2.05) is 20.0 Å². The molecule has 0 radical (unpaired) electrons. The molecule has 0 heterocycles.